The van der Waals surface area contributed by atoms with Crippen LogP contribution in [0, 0.1) is 9.68 Å². The van der Waals surface area contributed by atoms with Crippen LogP contribution < -0.4 is 0 Å². The van der Waals surface area contributed by atoms with Gasteiger partial charge in [0.05, 0.1) is 31.8 Å². The number of carbonyl (C=O) groups excluding carboxylic acids is 1. The lowest BCUT2D eigenvalue weighted by Gasteiger charge is -2.42. The number of fused-ring (bicyclic) bond motifs is 2. The number of halogens is 2. The summed E-state index contributed by atoms with van der Waals surface area (Å²) < 4.78 is 24.0. The summed E-state index contributed by atoms with van der Waals surface area (Å²) in [4.78, 5) is 19.0. The highest BCUT2D eigenvalue weighted by Crippen LogP contribution is 2.47. The molecule has 2 aliphatic rings. The lowest BCUT2D eigenvalue weighted by atomic mass is 9.79. The minimum absolute atomic E-state index is 0.0462. The van der Waals surface area contributed by atoms with Crippen molar-refractivity contribution in [3.63, 3.8) is 0 Å². The molecule has 0 spiro atoms. The summed E-state index contributed by atoms with van der Waals surface area (Å²) in [5.41, 5.74) is 0. The fourth-order valence-electron chi connectivity index (χ4n) is 4.05. The van der Waals surface area contributed by atoms with E-state index < -0.39 is 0 Å². The lowest BCUT2D eigenvalue weighted by molar-refractivity contribution is -0.151. The van der Waals surface area contributed by atoms with Crippen molar-refractivity contribution in [2.24, 2.45) is 5.92 Å². The third-order valence-corrected chi connectivity index (χ3v) is 5.40. The number of piperidine rings is 1. The van der Waals surface area contributed by atoms with Crippen molar-refractivity contribution in [1.82, 2.24) is 9.88 Å². The van der Waals surface area contributed by atoms with E-state index in [-0.39, 0.29) is 30.5 Å². The molecule has 3 rings (SSSR count). The number of esters is 1. The second-order valence-corrected chi connectivity index (χ2v) is 7.04. The van der Waals surface area contributed by atoms with Crippen LogP contribution in [0.25, 0.3) is 0 Å². The molecule has 2 bridgehead atoms. The molecule has 122 valence electrons. The van der Waals surface area contributed by atoms with E-state index in [1.54, 1.807) is 6.20 Å². The molecule has 1 unspecified atom stereocenters. The number of hydrogen-bond donors (Lipinski definition) is 0. The highest BCUT2D eigenvalue weighted by Gasteiger charge is 2.52. The molecule has 2 fully saturated rings. The zero-order valence-electron chi connectivity index (χ0n) is 12.5. The van der Waals surface area contributed by atoms with Crippen LogP contribution in [0.2, 0.25) is 0 Å². The van der Waals surface area contributed by atoms with Crippen molar-refractivity contribution >= 4 is 28.6 Å². The number of nitrogens with zero attached hydrogens (tertiary/aromatic N) is 2. The summed E-state index contributed by atoms with van der Waals surface area (Å²) in [7, 11) is 1.42. The molecule has 0 amide bonds. The van der Waals surface area contributed by atoms with Gasteiger partial charge in [-0.25, -0.2) is 4.98 Å². The summed E-state index contributed by atoms with van der Waals surface area (Å²) >= 11 is 2.08. The summed E-state index contributed by atoms with van der Waals surface area (Å²) in [5, 5.41) is 0. The normalized spacial score (nSPS) is 31.4. The Morgan fingerprint density at radius 1 is 1.59 bits per heavy atom. The number of ether oxygens (including phenoxy) is 1. The minimum atomic E-state index is -0.319. The molecule has 0 aliphatic carbocycles. The van der Waals surface area contributed by atoms with Crippen molar-refractivity contribution in [1.29, 1.82) is 0 Å². The third kappa shape index (κ3) is 2.89. The Morgan fingerprint density at radius 3 is 3.05 bits per heavy atom. The zero-order valence-corrected chi connectivity index (χ0v) is 14.7. The van der Waals surface area contributed by atoms with E-state index in [0.717, 1.165) is 23.0 Å². The Bertz CT molecular complexity index is 539. The van der Waals surface area contributed by atoms with Crippen molar-refractivity contribution in [3.8, 4) is 0 Å². The van der Waals surface area contributed by atoms with Crippen molar-refractivity contribution < 1.29 is 18.3 Å². The number of oxazole rings is 1. The van der Waals surface area contributed by atoms with E-state index in [1.165, 1.54) is 7.11 Å². The average molecular weight is 418 g/mol. The SMILES string of the molecule is COC(=O)[C@H]1C(c2ncc([123I])o2)C[C@@H]2CC[C@H]1N2CCCF. The van der Waals surface area contributed by atoms with Crippen LogP contribution in [0.5, 0.6) is 0 Å². The summed E-state index contributed by atoms with van der Waals surface area (Å²) in [6, 6.07) is 0.485. The van der Waals surface area contributed by atoms with E-state index in [0.29, 0.717) is 24.9 Å². The number of rotatable bonds is 5. The Morgan fingerprint density at radius 2 is 2.41 bits per heavy atom. The van der Waals surface area contributed by atoms with Crippen molar-refractivity contribution in [2.45, 2.75) is 43.7 Å². The van der Waals surface area contributed by atoms with Gasteiger partial charge in [0.1, 0.15) is 0 Å². The summed E-state index contributed by atoms with van der Waals surface area (Å²) in [6.07, 6.45) is 5.01. The Kier molecular flexibility index (Phi) is 5.01. The van der Waals surface area contributed by atoms with Crippen LogP contribution in [-0.2, 0) is 9.53 Å². The lowest BCUT2D eigenvalue weighted by Crippen LogP contribution is -2.51. The molecular weight excluding hydrogens is 398 g/mol. The quantitative estimate of drug-likeness (QED) is 0.544. The highest BCUT2D eigenvalue weighted by atomic mass is 123. The molecule has 1 aromatic rings. The van der Waals surface area contributed by atoms with Gasteiger partial charge in [0.15, 0.2) is 9.66 Å². The van der Waals surface area contributed by atoms with Crippen molar-refractivity contribution in [3.05, 3.63) is 15.9 Å². The maximum absolute atomic E-state index is 12.5. The van der Waals surface area contributed by atoms with E-state index >= 15 is 0 Å². The summed E-state index contributed by atoms with van der Waals surface area (Å²) in [5.74, 6) is 0.0866. The molecular formula is C15H20FIN2O3. The van der Waals surface area contributed by atoms with E-state index in [9.17, 15) is 9.18 Å². The molecule has 2 aliphatic heterocycles. The highest BCUT2D eigenvalue weighted by molar-refractivity contribution is 14.1. The van der Waals surface area contributed by atoms with Crippen LogP contribution in [0.15, 0.2) is 10.6 Å². The van der Waals surface area contributed by atoms with Crippen LogP contribution in [0.4, 0.5) is 4.39 Å². The van der Waals surface area contributed by atoms with Gasteiger partial charge < -0.3 is 9.15 Å². The van der Waals surface area contributed by atoms with Crippen LogP contribution in [0.3, 0.4) is 0 Å². The molecule has 4 atom stereocenters. The number of hydrogen-bond acceptors (Lipinski definition) is 5. The molecule has 0 N–H and O–H groups in total. The maximum atomic E-state index is 12.5. The first-order valence-corrected chi connectivity index (χ1v) is 8.74. The van der Waals surface area contributed by atoms with Gasteiger partial charge in [-0.05, 0) is 25.7 Å². The number of alkyl halides is 1. The standard InChI is InChI=1S/C15H20FIN2O3/c1-21-15(20)13-10(14-18-8-12(17)22-14)7-9-3-4-11(13)19(9)6-2-5-16/h8-11,13H,2-7H2,1H3/t9-,10?,11+,13-/m0/s1/i17-4. The van der Waals surface area contributed by atoms with Gasteiger partial charge in [-0.3, -0.25) is 14.1 Å². The zero-order chi connectivity index (χ0) is 15.7. The first-order valence-electron chi connectivity index (χ1n) is 7.66. The molecule has 1 aromatic heterocycles. The van der Waals surface area contributed by atoms with E-state index in [4.69, 9.17) is 9.15 Å². The second-order valence-electron chi connectivity index (χ2n) is 5.97. The van der Waals surface area contributed by atoms with E-state index in [1.807, 2.05) is 0 Å². The fraction of sp³-hybridized carbons (Fsp3) is 0.733. The molecule has 7 heteroatoms. The van der Waals surface area contributed by atoms with Crippen LogP contribution >= 0.6 is 22.6 Å². The van der Waals surface area contributed by atoms with Crippen LogP contribution in [-0.4, -0.2) is 48.3 Å². The van der Waals surface area contributed by atoms with Crippen LogP contribution in [0.1, 0.15) is 37.5 Å². The Balaban J connectivity index is 1.87. The first-order chi connectivity index (χ1) is 10.7. The maximum Gasteiger partial charge on any atom is 0.311 e. The van der Waals surface area contributed by atoms with Gasteiger partial charge in [0.25, 0.3) is 0 Å². The topological polar surface area (TPSA) is 55.6 Å². The number of carbonyl (C=O) groups is 1. The molecule has 2 saturated heterocycles. The Hall–Kier alpha value is -0.700. The first kappa shape index (κ1) is 16.2. The molecule has 22 heavy (non-hydrogen) atoms. The predicted molar refractivity (Wildman–Crippen MR) is 86.2 cm³/mol. The largest absolute Gasteiger partial charge is 0.469 e. The predicted octanol–water partition coefficient (Wildman–Crippen LogP) is 2.75. The summed E-state index contributed by atoms with van der Waals surface area (Å²) in [6.45, 7) is 0.384. The van der Waals surface area contributed by atoms with Gasteiger partial charge in [0.2, 0.25) is 0 Å². The smallest absolute Gasteiger partial charge is 0.311 e. The molecule has 5 nitrogen and oxygen atoms in total. The van der Waals surface area contributed by atoms with Gasteiger partial charge >= 0.3 is 5.97 Å². The monoisotopic (exact) mass is 418 g/mol. The van der Waals surface area contributed by atoms with Crippen molar-refractivity contribution in [2.75, 3.05) is 20.3 Å². The number of methoxy groups -OCH3 is 1. The molecule has 3 heterocycles. The van der Waals surface area contributed by atoms with E-state index in [2.05, 4.69) is 32.5 Å². The molecule has 0 saturated carbocycles. The van der Waals surface area contributed by atoms with Gasteiger partial charge in [0, 0.05) is 41.2 Å². The second kappa shape index (κ2) is 6.82. The van der Waals surface area contributed by atoms with Gasteiger partial charge in [-0.1, -0.05) is 0 Å². The Labute approximate surface area is 142 Å². The number of aromatic nitrogens is 1. The fourth-order valence-corrected chi connectivity index (χ4v) is 4.42. The third-order valence-electron chi connectivity index (χ3n) is 4.90. The average Bonchev–Trinajstić information content (AvgIpc) is 3.06. The minimum Gasteiger partial charge on any atom is -0.469 e. The molecule has 0 aromatic carbocycles. The molecule has 0 radical (unpaired) electrons. The van der Waals surface area contributed by atoms with Gasteiger partial charge in [-0.15, -0.1) is 0 Å². The van der Waals surface area contributed by atoms with Gasteiger partial charge in [-0.2, -0.15) is 0 Å².